The fourth-order valence-corrected chi connectivity index (χ4v) is 5.13. The first kappa shape index (κ1) is 19.2. The van der Waals surface area contributed by atoms with Gasteiger partial charge >= 0.3 is 0 Å². The lowest BCUT2D eigenvalue weighted by molar-refractivity contribution is -0.127. The molecule has 1 amide bonds. The van der Waals surface area contributed by atoms with Crippen LogP contribution in [0.25, 0.3) is 0 Å². The Labute approximate surface area is 156 Å². The van der Waals surface area contributed by atoms with E-state index in [1.165, 1.54) is 9.87 Å². The molecule has 1 saturated heterocycles. The van der Waals surface area contributed by atoms with Crippen LogP contribution < -0.4 is 10.1 Å². The third-order valence-electron chi connectivity index (χ3n) is 5.49. The molecule has 26 heavy (non-hydrogen) atoms. The molecule has 0 saturated carbocycles. The zero-order valence-electron chi connectivity index (χ0n) is 15.5. The lowest BCUT2D eigenvalue weighted by Gasteiger charge is -2.33. The fourth-order valence-electron chi connectivity index (χ4n) is 3.95. The van der Waals surface area contributed by atoms with Gasteiger partial charge in [0.05, 0.1) is 24.8 Å². The van der Waals surface area contributed by atoms with Crippen LogP contribution in [0.5, 0.6) is 5.75 Å². The Morgan fingerprint density at radius 2 is 2.12 bits per heavy atom. The van der Waals surface area contributed by atoms with Gasteiger partial charge in [-0.1, -0.05) is 6.07 Å². The molecule has 0 radical (unpaired) electrons. The number of fused-ring (bicyclic) bond motifs is 1. The maximum absolute atomic E-state index is 12.8. The Kier molecular flexibility index (Phi) is 5.87. The molecular formula is C19H28N2O4S. The van der Waals surface area contributed by atoms with Gasteiger partial charge in [0.1, 0.15) is 5.75 Å². The summed E-state index contributed by atoms with van der Waals surface area (Å²) >= 11 is 0. The van der Waals surface area contributed by atoms with Crippen LogP contribution in [0.2, 0.25) is 0 Å². The molecule has 3 rings (SSSR count). The SMILES string of the molecule is CCS(=O)(=O)N1CCC[C@H](C(=O)N[C@@H]2CCCc3cc(OC)ccc32)C1. The fraction of sp³-hybridized carbons (Fsp3) is 0.632. The van der Waals surface area contributed by atoms with Crippen molar-refractivity contribution in [3.05, 3.63) is 29.3 Å². The minimum atomic E-state index is -3.24. The molecular weight excluding hydrogens is 352 g/mol. The Bertz CT molecular complexity index is 763. The van der Waals surface area contributed by atoms with Crippen LogP contribution in [0.3, 0.4) is 0 Å². The number of aryl methyl sites for hydroxylation is 1. The van der Waals surface area contributed by atoms with Gasteiger partial charge in [-0.2, -0.15) is 0 Å². The molecule has 0 aromatic heterocycles. The van der Waals surface area contributed by atoms with Gasteiger partial charge in [-0.3, -0.25) is 4.79 Å². The first-order valence-electron chi connectivity index (χ1n) is 9.39. The summed E-state index contributed by atoms with van der Waals surface area (Å²) in [5.41, 5.74) is 2.37. The van der Waals surface area contributed by atoms with Gasteiger partial charge in [0.2, 0.25) is 15.9 Å². The van der Waals surface area contributed by atoms with E-state index in [1.54, 1.807) is 14.0 Å². The first-order valence-corrected chi connectivity index (χ1v) is 11.0. The third kappa shape index (κ3) is 4.04. The molecule has 1 aromatic rings. The van der Waals surface area contributed by atoms with Crippen LogP contribution in [-0.4, -0.2) is 44.6 Å². The molecule has 0 spiro atoms. The Morgan fingerprint density at radius 3 is 2.85 bits per heavy atom. The summed E-state index contributed by atoms with van der Waals surface area (Å²) in [6.45, 7) is 2.46. The van der Waals surface area contributed by atoms with Gasteiger partial charge in [0.15, 0.2) is 0 Å². The molecule has 2 aliphatic rings. The maximum atomic E-state index is 12.8. The van der Waals surface area contributed by atoms with Crippen LogP contribution >= 0.6 is 0 Å². The zero-order chi connectivity index (χ0) is 18.7. The van der Waals surface area contributed by atoms with Gasteiger partial charge in [-0.25, -0.2) is 12.7 Å². The number of carbonyl (C=O) groups is 1. The van der Waals surface area contributed by atoms with Crippen LogP contribution in [-0.2, 0) is 21.2 Å². The van der Waals surface area contributed by atoms with Crippen molar-refractivity contribution in [1.29, 1.82) is 0 Å². The van der Waals surface area contributed by atoms with Gasteiger partial charge in [-0.15, -0.1) is 0 Å². The summed E-state index contributed by atoms with van der Waals surface area (Å²) in [6, 6.07) is 6.01. The van der Waals surface area contributed by atoms with Gasteiger partial charge in [0, 0.05) is 13.1 Å². The minimum Gasteiger partial charge on any atom is -0.497 e. The number of hydrogen-bond donors (Lipinski definition) is 1. The predicted molar refractivity (Wildman–Crippen MR) is 101 cm³/mol. The van der Waals surface area contributed by atoms with E-state index in [0.29, 0.717) is 13.1 Å². The van der Waals surface area contributed by atoms with E-state index in [1.807, 2.05) is 18.2 Å². The summed E-state index contributed by atoms with van der Waals surface area (Å²) in [5.74, 6) is 0.617. The Hall–Kier alpha value is -1.60. The molecule has 1 N–H and O–H groups in total. The number of piperidine rings is 1. The van der Waals surface area contributed by atoms with Crippen molar-refractivity contribution in [2.24, 2.45) is 5.92 Å². The molecule has 7 heteroatoms. The quantitative estimate of drug-likeness (QED) is 0.850. The highest BCUT2D eigenvalue weighted by Gasteiger charge is 2.33. The van der Waals surface area contributed by atoms with Crippen molar-refractivity contribution in [2.75, 3.05) is 26.0 Å². The van der Waals surface area contributed by atoms with E-state index in [2.05, 4.69) is 5.32 Å². The van der Waals surface area contributed by atoms with E-state index < -0.39 is 10.0 Å². The lowest BCUT2D eigenvalue weighted by atomic mass is 9.87. The number of nitrogens with one attached hydrogen (secondary N) is 1. The smallest absolute Gasteiger partial charge is 0.224 e. The number of benzene rings is 1. The van der Waals surface area contributed by atoms with Crippen molar-refractivity contribution in [3.8, 4) is 5.75 Å². The molecule has 1 aromatic carbocycles. The number of carbonyl (C=O) groups excluding carboxylic acids is 1. The monoisotopic (exact) mass is 380 g/mol. The highest BCUT2D eigenvalue weighted by molar-refractivity contribution is 7.89. The summed E-state index contributed by atoms with van der Waals surface area (Å²) in [6.07, 6.45) is 4.39. The maximum Gasteiger partial charge on any atom is 0.224 e. The van der Waals surface area contributed by atoms with Gasteiger partial charge in [0.25, 0.3) is 0 Å². The molecule has 1 aliphatic carbocycles. The van der Waals surface area contributed by atoms with E-state index in [4.69, 9.17) is 4.74 Å². The second-order valence-corrected chi connectivity index (χ2v) is 9.37. The molecule has 1 fully saturated rings. The minimum absolute atomic E-state index is 0.00434. The van der Waals surface area contributed by atoms with E-state index in [9.17, 15) is 13.2 Å². The molecule has 0 unspecified atom stereocenters. The van der Waals surface area contributed by atoms with Gasteiger partial charge < -0.3 is 10.1 Å². The summed E-state index contributed by atoms with van der Waals surface area (Å²) < 4.78 is 31.0. The van der Waals surface area contributed by atoms with E-state index in [0.717, 1.165) is 43.4 Å². The van der Waals surface area contributed by atoms with Gasteiger partial charge in [-0.05, 0) is 62.3 Å². The average molecular weight is 381 g/mol. The first-order chi connectivity index (χ1) is 12.4. The van der Waals surface area contributed by atoms with E-state index >= 15 is 0 Å². The molecule has 2 atom stereocenters. The second-order valence-electron chi connectivity index (χ2n) is 7.12. The molecule has 1 aliphatic heterocycles. The Balaban J connectivity index is 1.69. The highest BCUT2D eigenvalue weighted by atomic mass is 32.2. The standard InChI is InChI=1S/C19H28N2O4S/c1-3-26(23,24)21-11-5-7-15(13-21)19(22)20-18-8-4-6-14-12-16(25-2)9-10-17(14)18/h9-10,12,15,18H,3-8,11,13H2,1-2H3,(H,20,22)/t15-,18+/m0/s1. The molecule has 144 valence electrons. The normalized spacial score (nSPS) is 23.9. The van der Waals surface area contributed by atoms with Crippen LogP contribution in [0.4, 0.5) is 0 Å². The summed E-state index contributed by atoms with van der Waals surface area (Å²) in [7, 11) is -1.58. The Morgan fingerprint density at radius 1 is 1.31 bits per heavy atom. The van der Waals surface area contributed by atoms with Crippen molar-refractivity contribution >= 4 is 15.9 Å². The third-order valence-corrected chi connectivity index (χ3v) is 7.34. The molecule has 6 nitrogen and oxygen atoms in total. The predicted octanol–water partition coefficient (Wildman–Crippen LogP) is 2.25. The number of methoxy groups -OCH3 is 1. The molecule has 0 bridgehead atoms. The highest BCUT2D eigenvalue weighted by Crippen LogP contribution is 2.32. The zero-order valence-corrected chi connectivity index (χ0v) is 16.3. The topological polar surface area (TPSA) is 75.7 Å². The number of rotatable bonds is 5. The number of nitrogens with zero attached hydrogens (tertiary/aromatic N) is 1. The van der Waals surface area contributed by atoms with Crippen molar-refractivity contribution in [1.82, 2.24) is 9.62 Å². The number of ether oxygens (including phenoxy) is 1. The number of sulfonamides is 1. The number of hydrogen-bond acceptors (Lipinski definition) is 4. The van der Waals surface area contributed by atoms with Crippen LogP contribution in [0.1, 0.15) is 49.8 Å². The summed E-state index contributed by atoms with van der Waals surface area (Å²) in [4.78, 5) is 12.8. The van der Waals surface area contributed by atoms with Crippen LogP contribution in [0, 0.1) is 5.92 Å². The van der Waals surface area contributed by atoms with Crippen molar-refractivity contribution < 1.29 is 17.9 Å². The molecule has 1 heterocycles. The van der Waals surface area contributed by atoms with E-state index in [-0.39, 0.29) is 23.6 Å². The largest absolute Gasteiger partial charge is 0.497 e. The summed E-state index contributed by atoms with van der Waals surface area (Å²) in [5, 5.41) is 3.17. The average Bonchev–Trinajstić information content (AvgIpc) is 2.67. The van der Waals surface area contributed by atoms with Crippen molar-refractivity contribution in [3.63, 3.8) is 0 Å². The van der Waals surface area contributed by atoms with Crippen LogP contribution in [0.15, 0.2) is 18.2 Å². The lowest BCUT2D eigenvalue weighted by Crippen LogP contribution is -2.46. The van der Waals surface area contributed by atoms with Crippen molar-refractivity contribution in [2.45, 2.75) is 45.1 Å². The second kappa shape index (κ2) is 7.96. The number of amides is 1.